The first-order valence-electron chi connectivity index (χ1n) is 5.23. The number of carbonyl (C=O) groups excluding carboxylic acids is 1. The summed E-state index contributed by atoms with van der Waals surface area (Å²) in [7, 11) is 0. The number of aldehydes is 1. The molecule has 1 aromatic carbocycles. The molecule has 0 radical (unpaired) electrons. The van der Waals surface area contributed by atoms with Gasteiger partial charge in [0.2, 0.25) is 0 Å². The summed E-state index contributed by atoms with van der Waals surface area (Å²) in [6.45, 7) is 4.00. The van der Waals surface area contributed by atoms with Crippen molar-refractivity contribution in [3.05, 3.63) is 29.6 Å². The Morgan fingerprint density at radius 3 is 2.69 bits per heavy atom. The average molecular weight is 225 g/mol. The smallest absolute Gasteiger partial charge is 0.152 e. The van der Waals surface area contributed by atoms with E-state index < -0.39 is 5.82 Å². The molecule has 3 nitrogen and oxygen atoms in total. The summed E-state index contributed by atoms with van der Waals surface area (Å²) in [6.07, 6.45) is 0.630. The van der Waals surface area contributed by atoms with Gasteiger partial charge >= 0.3 is 0 Å². The molecule has 0 aliphatic carbocycles. The molecule has 0 aromatic heterocycles. The first-order valence-corrected chi connectivity index (χ1v) is 5.23. The van der Waals surface area contributed by atoms with Gasteiger partial charge in [-0.25, -0.2) is 4.39 Å². The van der Waals surface area contributed by atoms with Gasteiger partial charge in [0.1, 0.15) is 5.82 Å². The molecular formula is C12H16FNO2. The lowest BCUT2D eigenvalue weighted by molar-refractivity contribution is 0.112. The molecule has 0 saturated heterocycles. The van der Waals surface area contributed by atoms with Crippen LogP contribution in [0.1, 0.15) is 24.2 Å². The molecule has 0 spiro atoms. The second-order valence-electron chi connectivity index (χ2n) is 3.81. The van der Waals surface area contributed by atoms with Crippen molar-refractivity contribution in [3.8, 4) is 0 Å². The van der Waals surface area contributed by atoms with Crippen LogP contribution in [0.25, 0.3) is 0 Å². The Morgan fingerprint density at radius 2 is 2.19 bits per heavy atom. The van der Waals surface area contributed by atoms with Gasteiger partial charge in [0.15, 0.2) is 6.29 Å². The third kappa shape index (κ3) is 2.58. The number of para-hydroxylation sites is 1. The van der Waals surface area contributed by atoms with E-state index in [0.717, 1.165) is 0 Å². The van der Waals surface area contributed by atoms with E-state index in [1.54, 1.807) is 11.0 Å². The van der Waals surface area contributed by atoms with Crippen LogP contribution in [0.3, 0.4) is 0 Å². The van der Waals surface area contributed by atoms with Crippen LogP contribution in [0.5, 0.6) is 0 Å². The van der Waals surface area contributed by atoms with Crippen molar-refractivity contribution in [1.82, 2.24) is 0 Å². The molecule has 1 N–H and O–H groups in total. The molecule has 0 amide bonds. The summed E-state index contributed by atoms with van der Waals surface area (Å²) in [5.74, 6) is -0.438. The quantitative estimate of drug-likeness (QED) is 0.777. The number of aliphatic hydroxyl groups excluding tert-OH is 1. The van der Waals surface area contributed by atoms with Crippen molar-refractivity contribution in [3.63, 3.8) is 0 Å². The highest BCUT2D eigenvalue weighted by Gasteiger charge is 2.17. The number of aliphatic hydroxyl groups is 1. The molecule has 1 aromatic rings. The van der Waals surface area contributed by atoms with Crippen LogP contribution < -0.4 is 4.90 Å². The van der Waals surface area contributed by atoms with Gasteiger partial charge in [0.05, 0.1) is 12.3 Å². The second-order valence-corrected chi connectivity index (χ2v) is 3.81. The summed E-state index contributed by atoms with van der Waals surface area (Å²) in [4.78, 5) is 12.5. The van der Waals surface area contributed by atoms with Crippen LogP contribution in [0.4, 0.5) is 10.1 Å². The minimum Gasteiger partial charge on any atom is -0.395 e. The van der Waals surface area contributed by atoms with E-state index in [2.05, 4.69) is 0 Å². The Balaban J connectivity index is 3.21. The molecule has 0 heterocycles. The molecule has 0 aliphatic rings. The summed E-state index contributed by atoms with van der Waals surface area (Å²) in [5, 5.41) is 8.95. The van der Waals surface area contributed by atoms with Crippen LogP contribution >= 0.6 is 0 Å². The number of halogens is 1. The molecule has 1 rings (SSSR count). The van der Waals surface area contributed by atoms with E-state index in [9.17, 15) is 9.18 Å². The molecule has 0 bridgehead atoms. The van der Waals surface area contributed by atoms with Crippen molar-refractivity contribution in [2.75, 3.05) is 18.1 Å². The number of benzene rings is 1. The minimum atomic E-state index is -0.438. The van der Waals surface area contributed by atoms with Crippen molar-refractivity contribution in [2.24, 2.45) is 0 Å². The molecular weight excluding hydrogens is 209 g/mol. The number of carbonyl (C=O) groups is 1. The largest absolute Gasteiger partial charge is 0.395 e. The number of rotatable bonds is 5. The molecule has 88 valence electrons. The highest BCUT2D eigenvalue weighted by molar-refractivity contribution is 5.85. The van der Waals surface area contributed by atoms with E-state index in [0.29, 0.717) is 18.4 Å². The maximum Gasteiger partial charge on any atom is 0.152 e. The maximum atomic E-state index is 13.7. The standard InChI is InChI=1S/C12H16FNO2/c1-9(2)14(6-7-15)12-10(8-16)4-3-5-11(12)13/h3-5,8-9,15H,6-7H2,1-2H3. The molecule has 16 heavy (non-hydrogen) atoms. The van der Waals surface area contributed by atoms with Crippen molar-refractivity contribution < 1.29 is 14.3 Å². The predicted octanol–water partition coefficient (Wildman–Crippen LogP) is 1.85. The van der Waals surface area contributed by atoms with E-state index >= 15 is 0 Å². The van der Waals surface area contributed by atoms with Gasteiger partial charge in [-0.05, 0) is 26.0 Å². The van der Waals surface area contributed by atoms with Gasteiger partial charge in [-0.1, -0.05) is 6.07 Å². The van der Waals surface area contributed by atoms with Gasteiger partial charge in [-0.3, -0.25) is 4.79 Å². The topological polar surface area (TPSA) is 40.5 Å². The summed E-state index contributed by atoms with van der Waals surface area (Å²) in [6, 6.07) is 4.40. The molecule has 0 aliphatic heterocycles. The fraction of sp³-hybridized carbons (Fsp3) is 0.417. The Labute approximate surface area is 94.5 Å². The van der Waals surface area contributed by atoms with Crippen LogP contribution in [-0.2, 0) is 0 Å². The lowest BCUT2D eigenvalue weighted by atomic mass is 10.1. The zero-order chi connectivity index (χ0) is 12.1. The van der Waals surface area contributed by atoms with Gasteiger partial charge < -0.3 is 10.0 Å². The first kappa shape index (κ1) is 12.6. The van der Waals surface area contributed by atoms with E-state index in [1.807, 2.05) is 13.8 Å². The third-order valence-corrected chi connectivity index (χ3v) is 2.40. The van der Waals surface area contributed by atoms with Gasteiger partial charge in [0, 0.05) is 18.2 Å². The zero-order valence-corrected chi connectivity index (χ0v) is 9.48. The zero-order valence-electron chi connectivity index (χ0n) is 9.48. The monoisotopic (exact) mass is 225 g/mol. The van der Waals surface area contributed by atoms with Crippen LogP contribution in [-0.4, -0.2) is 30.6 Å². The van der Waals surface area contributed by atoms with Crippen LogP contribution in [0, 0.1) is 5.82 Å². The number of anilines is 1. The number of hydrogen-bond donors (Lipinski definition) is 1. The first-order chi connectivity index (χ1) is 7.61. The third-order valence-electron chi connectivity index (χ3n) is 2.40. The normalized spacial score (nSPS) is 10.6. The maximum absolute atomic E-state index is 13.7. The fourth-order valence-corrected chi connectivity index (χ4v) is 1.67. The summed E-state index contributed by atoms with van der Waals surface area (Å²) < 4.78 is 13.7. The molecule has 0 saturated carbocycles. The van der Waals surface area contributed by atoms with Crippen molar-refractivity contribution in [2.45, 2.75) is 19.9 Å². The molecule has 0 atom stereocenters. The number of nitrogens with zero attached hydrogens (tertiary/aromatic N) is 1. The summed E-state index contributed by atoms with van der Waals surface area (Å²) in [5.41, 5.74) is 0.573. The van der Waals surface area contributed by atoms with Crippen LogP contribution in [0.15, 0.2) is 18.2 Å². The van der Waals surface area contributed by atoms with Gasteiger partial charge in [-0.2, -0.15) is 0 Å². The Morgan fingerprint density at radius 1 is 1.50 bits per heavy atom. The van der Waals surface area contributed by atoms with Gasteiger partial charge in [-0.15, -0.1) is 0 Å². The highest BCUT2D eigenvalue weighted by Crippen LogP contribution is 2.24. The predicted molar refractivity (Wildman–Crippen MR) is 61.4 cm³/mol. The van der Waals surface area contributed by atoms with Gasteiger partial charge in [0.25, 0.3) is 0 Å². The Bertz CT molecular complexity index is 366. The molecule has 0 unspecified atom stereocenters. The second kappa shape index (κ2) is 5.61. The average Bonchev–Trinajstić information content (AvgIpc) is 2.26. The molecule has 0 fully saturated rings. The van der Waals surface area contributed by atoms with E-state index in [-0.39, 0.29) is 18.3 Å². The fourth-order valence-electron chi connectivity index (χ4n) is 1.67. The Kier molecular flexibility index (Phi) is 4.43. The number of hydrogen-bond acceptors (Lipinski definition) is 3. The lowest BCUT2D eigenvalue weighted by Crippen LogP contribution is -2.34. The SMILES string of the molecule is CC(C)N(CCO)c1c(F)cccc1C=O. The van der Waals surface area contributed by atoms with Crippen LogP contribution in [0.2, 0.25) is 0 Å². The van der Waals surface area contributed by atoms with E-state index in [1.165, 1.54) is 12.1 Å². The highest BCUT2D eigenvalue weighted by atomic mass is 19.1. The summed E-state index contributed by atoms with van der Waals surface area (Å²) >= 11 is 0. The molecule has 4 heteroatoms. The van der Waals surface area contributed by atoms with Crippen molar-refractivity contribution >= 4 is 12.0 Å². The van der Waals surface area contributed by atoms with E-state index in [4.69, 9.17) is 5.11 Å². The Hall–Kier alpha value is -1.42. The van der Waals surface area contributed by atoms with Crippen molar-refractivity contribution in [1.29, 1.82) is 0 Å². The lowest BCUT2D eigenvalue weighted by Gasteiger charge is -2.29. The minimum absolute atomic E-state index is 0.0164.